The highest BCUT2D eigenvalue weighted by molar-refractivity contribution is 5.85. The molecule has 1 atom stereocenters. The zero-order valence-electron chi connectivity index (χ0n) is 14.6. The minimum Gasteiger partial charge on any atom is -0.507 e. The molecule has 0 amide bonds. The fourth-order valence-electron chi connectivity index (χ4n) is 2.41. The molecule has 122 valence electrons. The van der Waals surface area contributed by atoms with Crippen LogP contribution in [-0.2, 0) is 10.8 Å². The Morgan fingerprint density at radius 1 is 1.05 bits per heavy atom. The summed E-state index contributed by atoms with van der Waals surface area (Å²) >= 11 is 0. The standard InChI is InChI=1S/C18H31NO.ClH/c1-8-9-15(19)13-10-12(17(2,3)4)11-14(16(13)20)18(5,6)7;/h10-11,15,20H,8-9,19H2,1-7H3;1H/t15-;/m1./s1. The van der Waals surface area contributed by atoms with Crippen LogP contribution in [0, 0.1) is 0 Å². The predicted octanol–water partition coefficient (Wildman–Crippen LogP) is 5.21. The first-order valence-electron chi connectivity index (χ1n) is 7.62. The molecular weight excluding hydrogens is 282 g/mol. The number of nitrogens with two attached hydrogens (primary N) is 1. The van der Waals surface area contributed by atoms with Crippen LogP contribution >= 0.6 is 12.4 Å². The van der Waals surface area contributed by atoms with Crippen molar-refractivity contribution in [1.29, 1.82) is 0 Å². The summed E-state index contributed by atoms with van der Waals surface area (Å²) in [5, 5.41) is 10.6. The second-order valence-electron chi connectivity index (χ2n) is 7.86. The SMILES string of the molecule is CCC[C@@H](N)c1cc(C(C)(C)C)cc(C(C)(C)C)c1O.Cl. The molecule has 1 aromatic carbocycles. The molecule has 21 heavy (non-hydrogen) atoms. The summed E-state index contributed by atoms with van der Waals surface area (Å²) in [5.74, 6) is 0.381. The van der Waals surface area contributed by atoms with Gasteiger partial charge in [-0.25, -0.2) is 0 Å². The highest BCUT2D eigenvalue weighted by Gasteiger charge is 2.26. The van der Waals surface area contributed by atoms with Gasteiger partial charge in [0.15, 0.2) is 0 Å². The van der Waals surface area contributed by atoms with E-state index < -0.39 is 0 Å². The van der Waals surface area contributed by atoms with E-state index in [0.29, 0.717) is 5.75 Å². The topological polar surface area (TPSA) is 46.2 Å². The van der Waals surface area contributed by atoms with Gasteiger partial charge in [-0.1, -0.05) is 61.0 Å². The number of hydrogen-bond donors (Lipinski definition) is 2. The minimum atomic E-state index is -0.0941. The molecule has 0 bridgehead atoms. The molecule has 0 radical (unpaired) electrons. The number of hydrogen-bond acceptors (Lipinski definition) is 2. The fourth-order valence-corrected chi connectivity index (χ4v) is 2.41. The molecule has 0 unspecified atom stereocenters. The Hall–Kier alpha value is -0.730. The second kappa shape index (κ2) is 7.02. The Balaban J connectivity index is 0.00000400. The zero-order chi connectivity index (χ0) is 15.7. The Labute approximate surface area is 136 Å². The van der Waals surface area contributed by atoms with Crippen molar-refractivity contribution >= 4 is 12.4 Å². The van der Waals surface area contributed by atoms with Gasteiger partial charge >= 0.3 is 0 Å². The van der Waals surface area contributed by atoms with E-state index >= 15 is 0 Å². The fraction of sp³-hybridized carbons (Fsp3) is 0.667. The lowest BCUT2D eigenvalue weighted by Crippen LogP contribution is -2.20. The highest BCUT2D eigenvalue weighted by atomic mass is 35.5. The first-order chi connectivity index (χ1) is 8.98. The zero-order valence-corrected chi connectivity index (χ0v) is 15.4. The van der Waals surface area contributed by atoms with Gasteiger partial charge in [-0.05, 0) is 34.4 Å². The molecule has 3 heteroatoms. The number of halogens is 1. The molecule has 1 rings (SSSR count). The quantitative estimate of drug-likeness (QED) is 0.804. The van der Waals surface area contributed by atoms with Crippen LogP contribution in [0.1, 0.15) is 84.0 Å². The molecule has 0 saturated heterocycles. The van der Waals surface area contributed by atoms with Gasteiger partial charge in [-0.15, -0.1) is 12.4 Å². The van der Waals surface area contributed by atoms with Gasteiger partial charge in [0.2, 0.25) is 0 Å². The molecule has 2 nitrogen and oxygen atoms in total. The van der Waals surface area contributed by atoms with Gasteiger partial charge in [0.05, 0.1) is 0 Å². The van der Waals surface area contributed by atoms with Crippen molar-refractivity contribution < 1.29 is 5.11 Å². The summed E-state index contributed by atoms with van der Waals surface area (Å²) in [6.45, 7) is 15.1. The monoisotopic (exact) mass is 313 g/mol. The van der Waals surface area contributed by atoms with Crippen molar-refractivity contribution in [2.24, 2.45) is 5.73 Å². The van der Waals surface area contributed by atoms with Crippen LogP contribution in [0.4, 0.5) is 0 Å². The van der Waals surface area contributed by atoms with Crippen LogP contribution in [0.5, 0.6) is 5.75 Å². The first kappa shape index (κ1) is 20.3. The average molecular weight is 314 g/mol. The van der Waals surface area contributed by atoms with Crippen LogP contribution in [0.3, 0.4) is 0 Å². The molecule has 0 heterocycles. The average Bonchev–Trinajstić information content (AvgIpc) is 2.26. The third-order valence-electron chi connectivity index (χ3n) is 3.81. The number of aromatic hydroxyl groups is 1. The lowest BCUT2D eigenvalue weighted by molar-refractivity contribution is 0.430. The molecular formula is C18H32ClNO. The van der Waals surface area contributed by atoms with Crippen LogP contribution in [-0.4, -0.2) is 5.11 Å². The molecule has 0 spiro atoms. The van der Waals surface area contributed by atoms with E-state index in [1.807, 2.05) is 0 Å². The van der Waals surface area contributed by atoms with E-state index in [-0.39, 0.29) is 29.3 Å². The number of rotatable bonds is 3. The summed E-state index contributed by atoms with van der Waals surface area (Å²) in [4.78, 5) is 0. The van der Waals surface area contributed by atoms with Gasteiger partial charge in [0.25, 0.3) is 0 Å². The van der Waals surface area contributed by atoms with E-state index in [4.69, 9.17) is 5.73 Å². The molecule has 0 aliphatic rings. The lowest BCUT2D eigenvalue weighted by atomic mass is 9.78. The molecule has 0 aliphatic heterocycles. The van der Waals surface area contributed by atoms with Gasteiger partial charge in [-0.2, -0.15) is 0 Å². The van der Waals surface area contributed by atoms with E-state index in [9.17, 15) is 5.11 Å². The normalized spacial score (nSPS) is 13.7. The Morgan fingerprint density at radius 3 is 1.95 bits per heavy atom. The largest absolute Gasteiger partial charge is 0.507 e. The smallest absolute Gasteiger partial charge is 0.124 e. The highest BCUT2D eigenvalue weighted by Crippen LogP contribution is 2.40. The Morgan fingerprint density at radius 2 is 1.57 bits per heavy atom. The third-order valence-corrected chi connectivity index (χ3v) is 3.81. The van der Waals surface area contributed by atoms with Gasteiger partial charge in [-0.3, -0.25) is 0 Å². The number of phenolic OH excluding ortho intramolecular Hbond substituents is 1. The van der Waals surface area contributed by atoms with Gasteiger partial charge in [0, 0.05) is 11.6 Å². The lowest BCUT2D eigenvalue weighted by Gasteiger charge is -2.29. The van der Waals surface area contributed by atoms with E-state index in [1.165, 1.54) is 5.56 Å². The molecule has 3 N–H and O–H groups in total. The summed E-state index contributed by atoms with van der Waals surface area (Å²) in [6, 6.07) is 4.13. The number of phenols is 1. The van der Waals surface area contributed by atoms with Crippen LogP contribution in [0.25, 0.3) is 0 Å². The maximum atomic E-state index is 10.6. The van der Waals surface area contributed by atoms with Crippen molar-refractivity contribution in [3.63, 3.8) is 0 Å². The van der Waals surface area contributed by atoms with Crippen LogP contribution < -0.4 is 5.73 Å². The molecule has 0 aromatic heterocycles. The first-order valence-corrected chi connectivity index (χ1v) is 7.62. The van der Waals surface area contributed by atoms with Crippen LogP contribution in [0.15, 0.2) is 12.1 Å². The van der Waals surface area contributed by atoms with Crippen molar-refractivity contribution in [1.82, 2.24) is 0 Å². The summed E-state index contributed by atoms with van der Waals surface area (Å²) in [5.41, 5.74) is 9.35. The third kappa shape index (κ3) is 4.89. The van der Waals surface area contributed by atoms with E-state index in [0.717, 1.165) is 24.0 Å². The summed E-state index contributed by atoms with van der Waals surface area (Å²) in [7, 11) is 0. The van der Waals surface area contributed by atoms with Crippen molar-refractivity contribution in [2.45, 2.75) is 78.2 Å². The molecule has 0 aliphatic carbocycles. The van der Waals surface area contributed by atoms with E-state index in [1.54, 1.807) is 0 Å². The summed E-state index contributed by atoms with van der Waals surface area (Å²) < 4.78 is 0. The molecule has 0 saturated carbocycles. The van der Waals surface area contributed by atoms with Gasteiger partial charge < -0.3 is 10.8 Å². The second-order valence-corrected chi connectivity index (χ2v) is 7.86. The van der Waals surface area contributed by atoms with Crippen molar-refractivity contribution in [3.8, 4) is 5.75 Å². The molecule has 1 aromatic rings. The van der Waals surface area contributed by atoms with Gasteiger partial charge in [0.1, 0.15) is 5.75 Å². The number of benzene rings is 1. The summed E-state index contributed by atoms with van der Waals surface area (Å²) in [6.07, 6.45) is 1.91. The maximum Gasteiger partial charge on any atom is 0.124 e. The molecule has 0 fully saturated rings. The van der Waals surface area contributed by atoms with E-state index in [2.05, 4.69) is 60.6 Å². The Bertz CT molecular complexity index is 469. The van der Waals surface area contributed by atoms with Crippen molar-refractivity contribution in [2.75, 3.05) is 0 Å². The predicted molar refractivity (Wildman–Crippen MR) is 94.6 cm³/mol. The minimum absolute atomic E-state index is 0. The maximum absolute atomic E-state index is 10.6. The van der Waals surface area contributed by atoms with Crippen molar-refractivity contribution in [3.05, 3.63) is 28.8 Å². The van der Waals surface area contributed by atoms with Crippen LogP contribution in [0.2, 0.25) is 0 Å². The Kier molecular flexibility index (Phi) is 6.78.